The van der Waals surface area contributed by atoms with Gasteiger partial charge in [-0.3, -0.25) is 0 Å². The predicted octanol–water partition coefficient (Wildman–Crippen LogP) is 4.19. The molecule has 21 heavy (non-hydrogen) atoms. The third kappa shape index (κ3) is 3.61. The molecule has 0 unspecified atom stereocenters. The number of rotatable bonds is 4. The number of benzene rings is 1. The molecule has 3 nitrogen and oxygen atoms in total. The molecule has 0 fully saturated rings. The molecule has 0 amide bonds. The summed E-state index contributed by atoms with van der Waals surface area (Å²) in [7, 11) is 0. The number of hydrogen-bond donors (Lipinski definition) is 1. The van der Waals surface area contributed by atoms with Gasteiger partial charge >= 0.3 is 0 Å². The van der Waals surface area contributed by atoms with Gasteiger partial charge in [-0.1, -0.05) is 45.9 Å². The first-order chi connectivity index (χ1) is 9.95. The van der Waals surface area contributed by atoms with Gasteiger partial charge in [0.15, 0.2) is 0 Å². The number of pyridine rings is 1. The van der Waals surface area contributed by atoms with Crippen molar-refractivity contribution < 1.29 is 4.74 Å². The topological polar surface area (TPSA) is 48.1 Å². The molecule has 1 aromatic carbocycles. The summed E-state index contributed by atoms with van der Waals surface area (Å²) < 4.78 is 6.07. The van der Waals surface area contributed by atoms with E-state index in [1.807, 2.05) is 18.2 Å². The number of aryl methyl sites for hydroxylation is 1. The van der Waals surface area contributed by atoms with Gasteiger partial charge in [0.05, 0.1) is 0 Å². The van der Waals surface area contributed by atoms with E-state index in [2.05, 4.69) is 44.8 Å². The Balaban J connectivity index is 2.44. The van der Waals surface area contributed by atoms with Gasteiger partial charge < -0.3 is 10.5 Å². The van der Waals surface area contributed by atoms with Gasteiger partial charge in [0, 0.05) is 23.9 Å². The molecule has 0 aliphatic heterocycles. The highest BCUT2D eigenvalue weighted by molar-refractivity contribution is 5.44. The van der Waals surface area contributed by atoms with E-state index in [0.29, 0.717) is 12.4 Å². The molecule has 2 N–H and O–H groups in total. The second-order valence-electron chi connectivity index (χ2n) is 6.21. The van der Waals surface area contributed by atoms with Crippen LogP contribution in [-0.2, 0) is 18.4 Å². The molecule has 0 aliphatic carbocycles. The van der Waals surface area contributed by atoms with Gasteiger partial charge in [-0.05, 0) is 29.5 Å². The van der Waals surface area contributed by atoms with Crippen LogP contribution in [-0.4, -0.2) is 4.98 Å². The summed E-state index contributed by atoms with van der Waals surface area (Å²) >= 11 is 0. The number of nitrogens with two attached hydrogens (primary N) is 1. The van der Waals surface area contributed by atoms with Crippen LogP contribution >= 0.6 is 0 Å². The van der Waals surface area contributed by atoms with Gasteiger partial charge in [0.2, 0.25) is 5.88 Å². The van der Waals surface area contributed by atoms with Crippen molar-refractivity contribution in [1.82, 2.24) is 4.98 Å². The Morgan fingerprint density at radius 3 is 2.57 bits per heavy atom. The quantitative estimate of drug-likeness (QED) is 0.915. The Morgan fingerprint density at radius 1 is 1.19 bits per heavy atom. The standard InChI is InChI=1S/C18H24N2O/c1-5-13-8-9-16(15(11-13)18(2,3)4)21-17-14(12-19)7-6-10-20-17/h6-11H,5,12,19H2,1-4H3. The summed E-state index contributed by atoms with van der Waals surface area (Å²) in [5, 5.41) is 0. The molecule has 0 saturated carbocycles. The van der Waals surface area contributed by atoms with Gasteiger partial charge in [0.1, 0.15) is 5.75 Å². The average molecular weight is 284 g/mol. The molecule has 0 atom stereocenters. The molecule has 0 spiro atoms. The first-order valence-corrected chi connectivity index (χ1v) is 7.41. The molecule has 0 aliphatic rings. The van der Waals surface area contributed by atoms with Crippen molar-refractivity contribution in [3.8, 4) is 11.6 Å². The maximum absolute atomic E-state index is 6.07. The molecule has 3 heteroatoms. The maximum atomic E-state index is 6.07. The van der Waals surface area contributed by atoms with Crippen molar-refractivity contribution in [3.05, 3.63) is 53.2 Å². The third-order valence-corrected chi connectivity index (χ3v) is 3.54. The summed E-state index contributed by atoms with van der Waals surface area (Å²) in [6.07, 6.45) is 2.74. The van der Waals surface area contributed by atoms with E-state index in [9.17, 15) is 0 Å². The molecule has 1 heterocycles. The molecule has 0 bridgehead atoms. The van der Waals surface area contributed by atoms with E-state index in [-0.39, 0.29) is 5.41 Å². The second-order valence-corrected chi connectivity index (χ2v) is 6.21. The van der Waals surface area contributed by atoms with E-state index < -0.39 is 0 Å². The van der Waals surface area contributed by atoms with Crippen molar-refractivity contribution in [2.24, 2.45) is 5.73 Å². The van der Waals surface area contributed by atoms with Gasteiger partial charge in [-0.2, -0.15) is 0 Å². The molecular weight excluding hydrogens is 260 g/mol. The summed E-state index contributed by atoms with van der Waals surface area (Å²) in [4.78, 5) is 4.31. The summed E-state index contributed by atoms with van der Waals surface area (Å²) in [6.45, 7) is 9.15. The molecule has 112 valence electrons. The SMILES string of the molecule is CCc1ccc(Oc2ncccc2CN)c(C(C)(C)C)c1. The molecular formula is C18H24N2O. The minimum atomic E-state index is 0.0121. The zero-order chi connectivity index (χ0) is 15.5. The van der Waals surface area contributed by atoms with Crippen molar-refractivity contribution in [2.75, 3.05) is 0 Å². The molecule has 1 aromatic heterocycles. The van der Waals surface area contributed by atoms with Crippen LogP contribution in [0.4, 0.5) is 0 Å². The molecule has 0 radical (unpaired) electrons. The van der Waals surface area contributed by atoms with Crippen LogP contribution in [0.1, 0.15) is 44.4 Å². The average Bonchev–Trinajstić information content (AvgIpc) is 2.47. The predicted molar refractivity (Wildman–Crippen MR) is 86.7 cm³/mol. The smallest absolute Gasteiger partial charge is 0.223 e. The number of hydrogen-bond acceptors (Lipinski definition) is 3. The van der Waals surface area contributed by atoms with Crippen LogP contribution in [0, 0.1) is 0 Å². The lowest BCUT2D eigenvalue weighted by molar-refractivity contribution is 0.434. The zero-order valence-electron chi connectivity index (χ0n) is 13.3. The minimum Gasteiger partial charge on any atom is -0.438 e. The second kappa shape index (κ2) is 6.27. The van der Waals surface area contributed by atoms with Crippen LogP contribution in [0.5, 0.6) is 11.6 Å². The van der Waals surface area contributed by atoms with Crippen LogP contribution in [0.3, 0.4) is 0 Å². The molecule has 2 rings (SSSR count). The lowest BCUT2D eigenvalue weighted by Gasteiger charge is -2.23. The first-order valence-electron chi connectivity index (χ1n) is 7.41. The van der Waals surface area contributed by atoms with Crippen molar-refractivity contribution >= 4 is 0 Å². The van der Waals surface area contributed by atoms with Crippen molar-refractivity contribution in [1.29, 1.82) is 0 Å². The fourth-order valence-electron chi connectivity index (χ4n) is 2.25. The summed E-state index contributed by atoms with van der Waals surface area (Å²) in [6, 6.07) is 10.2. The number of nitrogens with zero attached hydrogens (tertiary/aromatic N) is 1. The summed E-state index contributed by atoms with van der Waals surface area (Å²) in [5.74, 6) is 1.45. The fraction of sp³-hybridized carbons (Fsp3) is 0.389. The number of aromatic nitrogens is 1. The highest BCUT2D eigenvalue weighted by Gasteiger charge is 2.20. The Hall–Kier alpha value is -1.87. The number of ether oxygens (including phenoxy) is 1. The highest BCUT2D eigenvalue weighted by atomic mass is 16.5. The molecule has 2 aromatic rings. The van der Waals surface area contributed by atoms with Crippen LogP contribution in [0.2, 0.25) is 0 Å². The van der Waals surface area contributed by atoms with Gasteiger partial charge in [-0.15, -0.1) is 0 Å². The Bertz CT molecular complexity index is 615. The van der Waals surface area contributed by atoms with Crippen LogP contribution < -0.4 is 10.5 Å². The maximum Gasteiger partial charge on any atom is 0.223 e. The largest absolute Gasteiger partial charge is 0.438 e. The first kappa shape index (κ1) is 15.5. The zero-order valence-corrected chi connectivity index (χ0v) is 13.3. The highest BCUT2D eigenvalue weighted by Crippen LogP contribution is 2.35. The van der Waals surface area contributed by atoms with E-state index in [4.69, 9.17) is 10.5 Å². The van der Waals surface area contributed by atoms with Gasteiger partial charge in [0.25, 0.3) is 0 Å². The monoisotopic (exact) mass is 284 g/mol. The summed E-state index contributed by atoms with van der Waals surface area (Å²) in [5.41, 5.74) is 9.18. The van der Waals surface area contributed by atoms with Gasteiger partial charge in [-0.25, -0.2) is 4.98 Å². The van der Waals surface area contributed by atoms with E-state index in [1.165, 1.54) is 11.1 Å². The van der Waals surface area contributed by atoms with Crippen molar-refractivity contribution in [2.45, 2.75) is 46.1 Å². The van der Waals surface area contributed by atoms with Crippen LogP contribution in [0.15, 0.2) is 36.5 Å². The third-order valence-electron chi connectivity index (χ3n) is 3.54. The minimum absolute atomic E-state index is 0.0121. The normalized spacial score (nSPS) is 11.5. The van der Waals surface area contributed by atoms with E-state index >= 15 is 0 Å². The lowest BCUT2D eigenvalue weighted by Crippen LogP contribution is -2.13. The Morgan fingerprint density at radius 2 is 1.95 bits per heavy atom. The molecule has 0 saturated heterocycles. The Kier molecular flexibility index (Phi) is 4.63. The van der Waals surface area contributed by atoms with E-state index in [1.54, 1.807) is 6.20 Å². The van der Waals surface area contributed by atoms with Crippen molar-refractivity contribution in [3.63, 3.8) is 0 Å². The lowest BCUT2D eigenvalue weighted by atomic mass is 9.85. The fourth-order valence-corrected chi connectivity index (χ4v) is 2.25. The van der Waals surface area contributed by atoms with E-state index in [0.717, 1.165) is 17.7 Å². The van der Waals surface area contributed by atoms with Crippen LogP contribution in [0.25, 0.3) is 0 Å². The Labute approximate surface area is 127 Å².